The Morgan fingerprint density at radius 1 is 0.500 bits per heavy atom. The molecule has 3 aliphatic rings. The number of fused-ring (bicyclic) bond motifs is 4. The molecule has 0 bridgehead atoms. The number of benzene rings is 5. The fourth-order valence-corrected chi connectivity index (χ4v) is 8.14. The van der Waals surface area contributed by atoms with Gasteiger partial charge in [-0.05, 0) is 82.3 Å². The van der Waals surface area contributed by atoms with E-state index in [9.17, 15) is 4.79 Å². The molecule has 1 saturated heterocycles. The standard InChI is InChI=1S/C46H48N3O3/c1-27(2)32-15-13-16-33(28(3)4)43(32)47-24-23-42(50)49(44-34(29(5)6)17-14-18-35(44)30(7)8)46(47)31-25-40-45-41(26-31)52-39-22-12-10-20-37(39)48(45)36-19-9-11-21-38(36)51-40/h9-22,25-30H,23-24H2,1-8H3. The largest absolute Gasteiger partial charge is 0.453 e. The molecule has 0 spiro atoms. The van der Waals surface area contributed by atoms with Gasteiger partial charge in [-0.2, -0.15) is 0 Å². The molecule has 3 heterocycles. The third-order valence-electron chi connectivity index (χ3n) is 10.6. The van der Waals surface area contributed by atoms with Crippen LogP contribution in [0.15, 0.2) is 97.1 Å². The second-order valence-electron chi connectivity index (χ2n) is 15.4. The van der Waals surface area contributed by atoms with E-state index in [0.29, 0.717) is 24.5 Å². The van der Waals surface area contributed by atoms with Crippen molar-refractivity contribution in [2.45, 2.75) is 85.5 Å². The van der Waals surface area contributed by atoms with Crippen LogP contribution < -0.4 is 24.2 Å². The van der Waals surface area contributed by atoms with Crippen molar-refractivity contribution in [2.75, 3.05) is 21.2 Å². The first-order chi connectivity index (χ1) is 25.0. The third-order valence-corrected chi connectivity index (χ3v) is 10.6. The summed E-state index contributed by atoms with van der Waals surface area (Å²) in [5.41, 5.74) is 10.6. The second kappa shape index (κ2) is 13.1. The van der Waals surface area contributed by atoms with Crippen LogP contribution in [0.25, 0.3) is 0 Å². The molecule has 8 rings (SSSR count). The Bertz CT molecular complexity index is 2060. The lowest BCUT2D eigenvalue weighted by Crippen LogP contribution is -2.53. The van der Waals surface area contributed by atoms with Crippen molar-refractivity contribution < 1.29 is 14.3 Å². The van der Waals surface area contributed by atoms with Crippen molar-refractivity contribution in [1.82, 2.24) is 0 Å². The first-order valence-corrected chi connectivity index (χ1v) is 18.8. The van der Waals surface area contributed by atoms with Crippen molar-refractivity contribution in [3.05, 3.63) is 131 Å². The molecule has 0 saturated carbocycles. The average molecular weight is 691 g/mol. The van der Waals surface area contributed by atoms with Crippen molar-refractivity contribution in [1.29, 1.82) is 0 Å². The molecular weight excluding hydrogens is 643 g/mol. The summed E-state index contributed by atoms with van der Waals surface area (Å²) in [5, 5.41) is 0. The summed E-state index contributed by atoms with van der Waals surface area (Å²) in [4.78, 5) is 21.5. The Morgan fingerprint density at radius 2 is 0.942 bits per heavy atom. The number of hydrogen-bond acceptors (Lipinski definition) is 5. The minimum atomic E-state index is 0.0832. The minimum Gasteiger partial charge on any atom is -0.453 e. The van der Waals surface area contributed by atoms with Gasteiger partial charge in [0.1, 0.15) is 5.69 Å². The van der Waals surface area contributed by atoms with E-state index in [-0.39, 0.29) is 29.6 Å². The predicted octanol–water partition coefficient (Wildman–Crippen LogP) is 12.6. The molecule has 6 nitrogen and oxygen atoms in total. The minimum absolute atomic E-state index is 0.0832. The van der Waals surface area contributed by atoms with E-state index in [2.05, 4.69) is 126 Å². The number of rotatable bonds is 7. The van der Waals surface area contributed by atoms with Crippen LogP contribution in [-0.2, 0) is 4.79 Å². The van der Waals surface area contributed by atoms with Crippen LogP contribution in [-0.4, -0.2) is 12.5 Å². The smallest absolute Gasteiger partial charge is 0.231 e. The van der Waals surface area contributed by atoms with Crippen LogP contribution in [0.1, 0.15) is 113 Å². The van der Waals surface area contributed by atoms with E-state index in [1.54, 1.807) is 0 Å². The molecule has 0 unspecified atom stereocenters. The maximum absolute atomic E-state index is 14.8. The zero-order valence-electron chi connectivity index (χ0n) is 31.5. The molecule has 5 aromatic rings. The van der Waals surface area contributed by atoms with Gasteiger partial charge in [-0.3, -0.25) is 14.6 Å². The number of nitrogens with zero attached hydrogens (tertiary/aromatic N) is 3. The van der Waals surface area contributed by atoms with E-state index in [1.165, 1.54) is 16.8 Å². The highest BCUT2D eigenvalue weighted by atomic mass is 16.5. The molecule has 1 radical (unpaired) electrons. The summed E-state index contributed by atoms with van der Waals surface area (Å²) in [6.45, 7) is 18.5. The maximum atomic E-state index is 14.8. The molecule has 5 aromatic carbocycles. The first kappa shape index (κ1) is 33.9. The molecule has 52 heavy (non-hydrogen) atoms. The Kier molecular flexibility index (Phi) is 8.52. The van der Waals surface area contributed by atoms with Crippen LogP contribution in [0.5, 0.6) is 23.0 Å². The summed E-state index contributed by atoms with van der Waals surface area (Å²) in [7, 11) is 0. The zero-order valence-corrected chi connectivity index (χ0v) is 31.5. The Hall–Kier alpha value is -5.23. The van der Waals surface area contributed by atoms with Gasteiger partial charge in [0.25, 0.3) is 0 Å². The van der Waals surface area contributed by atoms with Gasteiger partial charge in [0, 0.05) is 24.2 Å². The topological polar surface area (TPSA) is 45.2 Å². The molecular formula is C46H48N3O3. The molecule has 1 fully saturated rings. The number of carbonyl (C=O) groups excluding carboxylic acids is 1. The molecule has 0 aliphatic carbocycles. The van der Waals surface area contributed by atoms with Gasteiger partial charge in [-0.15, -0.1) is 0 Å². The summed E-state index contributed by atoms with van der Waals surface area (Å²) >= 11 is 0. The quantitative estimate of drug-likeness (QED) is 0.167. The van der Waals surface area contributed by atoms with Crippen LogP contribution in [0.4, 0.5) is 28.4 Å². The van der Waals surface area contributed by atoms with Gasteiger partial charge in [-0.25, -0.2) is 0 Å². The predicted molar refractivity (Wildman–Crippen MR) is 212 cm³/mol. The molecule has 265 valence electrons. The Morgan fingerprint density at radius 3 is 1.40 bits per heavy atom. The highest BCUT2D eigenvalue weighted by Crippen LogP contribution is 2.61. The number of para-hydroxylation sites is 6. The summed E-state index contributed by atoms with van der Waals surface area (Å²) < 4.78 is 13.5. The second-order valence-corrected chi connectivity index (χ2v) is 15.4. The highest BCUT2D eigenvalue weighted by Gasteiger charge is 2.44. The lowest BCUT2D eigenvalue weighted by Gasteiger charge is -2.47. The average Bonchev–Trinajstić information content (AvgIpc) is 3.13. The van der Waals surface area contributed by atoms with Crippen LogP contribution in [0.2, 0.25) is 0 Å². The number of carbonyl (C=O) groups is 1. The fourth-order valence-electron chi connectivity index (χ4n) is 8.14. The first-order valence-electron chi connectivity index (χ1n) is 18.8. The normalized spacial score (nSPS) is 15.2. The van der Waals surface area contributed by atoms with E-state index >= 15 is 0 Å². The van der Waals surface area contributed by atoms with Crippen molar-refractivity contribution >= 4 is 34.3 Å². The third kappa shape index (κ3) is 5.42. The van der Waals surface area contributed by atoms with Crippen molar-refractivity contribution in [3.63, 3.8) is 0 Å². The van der Waals surface area contributed by atoms with Crippen molar-refractivity contribution in [2.24, 2.45) is 0 Å². The summed E-state index contributed by atoms with van der Waals surface area (Å²) in [6, 6.07) is 33.7. The van der Waals surface area contributed by atoms with E-state index < -0.39 is 0 Å². The molecule has 0 atom stereocenters. The maximum Gasteiger partial charge on any atom is 0.231 e. The van der Waals surface area contributed by atoms with Gasteiger partial charge in [0.15, 0.2) is 29.2 Å². The Balaban J connectivity index is 1.43. The number of amides is 1. The van der Waals surface area contributed by atoms with Crippen LogP contribution >= 0.6 is 0 Å². The molecule has 6 heteroatoms. The van der Waals surface area contributed by atoms with Crippen LogP contribution in [0, 0.1) is 6.17 Å². The summed E-state index contributed by atoms with van der Waals surface area (Å²) in [6.07, 6.45) is 1.22. The Labute approximate surface area is 308 Å². The van der Waals surface area contributed by atoms with E-state index in [4.69, 9.17) is 9.47 Å². The van der Waals surface area contributed by atoms with Gasteiger partial charge < -0.3 is 14.4 Å². The monoisotopic (exact) mass is 690 g/mol. The highest BCUT2D eigenvalue weighted by molar-refractivity contribution is 6.02. The van der Waals surface area contributed by atoms with Crippen molar-refractivity contribution in [3.8, 4) is 23.0 Å². The molecule has 0 N–H and O–H groups in total. The van der Waals surface area contributed by atoms with Gasteiger partial charge >= 0.3 is 0 Å². The number of anilines is 5. The molecule has 1 amide bonds. The number of ether oxygens (including phenoxy) is 2. The van der Waals surface area contributed by atoms with Gasteiger partial charge in [0.2, 0.25) is 5.91 Å². The van der Waals surface area contributed by atoms with E-state index in [1.807, 2.05) is 41.3 Å². The zero-order chi connectivity index (χ0) is 36.4. The molecule has 3 aliphatic heterocycles. The van der Waals surface area contributed by atoms with E-state index in [0.717, 1.165) is 57.1 Å². The SMILES string of the molecule is CC(C)c1cccc(C(C)C)c1N1CCC(=O)N(c2c(C(C)C)cccc2C(C)C)[C]1c1cc2c3c(c1)Oc1ccccc1N3c1ccccc1O2. The lowest BCUT2D eigenvalue weighted by atomic mass is 9.88. The van der Waals surface area contributed by atoms with Crippen LogP contribution in [0.3, 0.4) is 0 Å². The van der Waals surface area contributed by atoms with Gasteiger partial charge in [0.05, 0.1) is 17.1 Å². The summed E-state index contributed by atoms with van der Waals surface area (Å²) in [5.74, 6) is 3.94. The molecule has 0 aromatic heterocycles. The fraction of sp³-hybridized carbons (Fsp3) is 0.304. The number of hydrogen-bond donors (Lipinski definition) is 0. The van der Waals surface area contributed by atoms with Gasteiger partial charge in [-0.1, -0.05) is 116 Å². The lowest BCUT2D eigenvalue weighted by molar-refractivity contribution is -0.118.